The number of hydrogen-bond donors (Lipinski definition) is 2. The number of hydrogen-bond acceptors (Lipinski definition) is 9. The third kappa shape index (κ3) is 5.77. The van der Waals surface area contributed by atoms with Crippen molar-refractivity contribution >= 4 is 64.6 Å². The van der Waals surface area contributed by atoms with Crippen molar-refractivity contribution < 1.29 is 31.1 Å². The molecule has 33 heavy (non-hydrogen) atoms. The van der Waals surface area contributed by atoms with Crippen LogP contribution in [-0.2, 0) is 9.84 Å². The molecular weight excluding hydrogens is 501 g/mol. The van der Waals surface area contributed by atoms with Crippen molar-refractivity contribution in [2.45, 2.75) is 11.3 Å². The van der Waals surface area contributed by atoms with Gasteiger partial charge in [0.2, 0.25) is 0 Å². The first kappa shape index (κ1) is 22.9. The fourth-order valence-corrected chi connectivity index (χ4v) is 4.98. The molecule has 2 heterocycles. The van der Waals surface area contributed by atoms with Crippen LogP contribution in [0, 0.1) is 0 Å². The summed E-state index contributed by atoms with van der Waals surface area (Å²) in [7, 11) is -3.37. The van der Waals surface area contributed by atoms with Gasteiger partial charge in [-0.15, -0.1) is 24.5 Å². The minimum absolute atomic E-state index is 0.107. The quantitative estimate of drug-likeness (QED) is 0.370. The Kier molecular flexibility index (Phi) is 5.99. The molecule has 0 saturated carbocycles. The lowest BCUT2D eigenvalue weighted by Gasteiger charge is -2.09. The maximum Gasteiger partial charge on any atom is 0.573 e. The molecule has 0 aliphatic carbocycles. The van der Waals surface area contributed by atoms with E-state index in [1.165, 1.54) is 29.6 Å². The molecule has 0 atom stereocenters. The Morgan fingerprint density at radius 3 is 2.45 bits per heavy atom. The number of sulfone groups is 1. The molecule has 1 amide bonds. The zero-order valence-corrected chi connectivity index (χ0v) is 19.0. The second kappa shape index (κ2) is 8.61. The maximum absolute atomic E-state index is 12.5. The topological polar surface area (TPSA) is 110 Å². The van der Waals surface area contributed by atoms with Crippen molar-refractivity contribution in [3.8, 4) is 5.75 Å². The van der Waals surface area contributed by atoms with Gasteiger partial charge < -0.3 is 10.1 Å². The summed E-state index contributed by atoms with van der Waals surface area (Å²) in [6.45, 7) is 0. The molecule has 0 radical (unpaired) electrons. The molecule has 2 aromatic heterocycles. The number of halogens is 3. The van der Waals surface area contributed by atoms with Crippen LogP contribution in [0.3, 0.4) is 0 Å². The van der Waals surface area contributed by atoms with Crippen LogP contribution < -0.4 is 15.4 Å². The summed E-state index contributed by atoms with van der Waals surface area (Å²) in [5, 5.41) is 7.66. The standard InChI is InChI=1S/C19H13F3N4O4S3/c1-33(28,29)12-6-7-13-15(8-12)32-18(24-13)26-16(27)14-9-31-17(25-14)23-10-2-4-11(5-3-10)30-19(20,21)22/h2-9H,1H3,(H,23,25)(H,24,26,27). The van der Waals surface area contributed by atoms with Crippen LogP contribution in [0.5, 0.6) is 5.75 Å². The number of thiazole rings is 2. The summed E-state index contributed by atoms with van der Waals surface area (Å²) in [5.41, 5.74) is 1.11. The number of carbonyl (C=O) groups is 1. The molecule has 0 spiro atoms. The lowest BCUT2D eigenvalue weighted by Crippen LogP contribution is -2.16. The Morgan fingerprint density at radius 2 is 1.79 bits per heavy atom. The van der Waals surface area contributed by atoms with Gasteiger partial charge in [0.05, 0.1) is 15.1 Å². The van der Waals surface area contributed by atoms with Gasteiger partial charge in [-0.1, -0.05) is 11.3 Å². The summed E-state index contributed by atoms with van der Waals surface area (Å²) in [4.78, 5) is 21.1. The molecule has 2 N–H and O–H groups in total. The van der Waals surface area contributed by atoms with E-state index in [1.807, 2.05) is 0 Å². The summed E-state index contributed by atoms with van der Waals surface area (Å²) >= 11 is 2.25. The van der Waals surface area contributed by atoms with Gasteiger partial charge in [0, 0.05) is 17.3 Å². The van der Waals surface area contributed by atoms with E-state index in [0.717, 1.165) is 41.1 Å². The third-order valence-corrected chi connectivity index (χ3v) is 6.89. The molecule has 2 aromatic carbocycles. The molecule has 172 valence electrons. The Hall–Kier alpha value is -3.23. The van der Waals surface area contributed by atoms with Crippen LogP contribution in [-0.4, -0.2) is 36.9 Å². The number of rotatable bonds is 6. The zero-order chi connectivity index (χ0) is 23.8. The first-order valence-electron chi connectivity index (χ1n) is 8.97. The van der Waals surface area contributed by atoms with Gasteiger partial charge in [0.1, 0.15) is 11.4 Å². The Labute approximate surface area is 193 Å². The van der Waals surface area contributed by atoms with Crippen molar-refractivity contribution in [2.24, 2.45) is 0 Å². The highest BCUT2D eigenvalue weighted by atomic mass is 32.2. The highest BCUT2D eigenvalue weighted by Crippen LogP contribution is 2.29. The maximum atomic E-state index is 12.5. The number of nitrogens with zero attached hydrogens (tertiary/aromatic N) is 2. The SMILES string of the molecule is CS(=O)(=O)c1ccc2nc(NC(=O)c3csc(Nc4ccc(OC(F)(F)F)cc4)n3)sc2c1. The molecule has 0 fully saturated rings. The Balaban J connectivity index is 1.43. The Morgan fingerprint density at radius 1 is 1.06 bits per heavy atom. The van der Waals surface area contributed by atoms with Crippen molar-refractivity contribution in [3.63, 3.8) is 0 Å². The van der Waals surface area contributed by atoms with Gasteiger partial charge in [-0.05, 0) is 42.5 Å². The zero-order valence-electron chi connectivity index (χ0n) is 16.5. The number of alkyl halides is 3. The predicted octanol–water partition coefficient (Wildman–Crippen LogP) is 5.05. The molecule has 0 aliphatic rings. The highest BCUT2D eigenvalue weighted by molar-refractivity contribution is 7.90. The highest BCUT2D eigenvalue weighted by Gasteiger charge is 2.31. The fourth-order valence-electron chi connectivity index (χ4n) is 2.65. The van der Waals surface area contributed by atoms with Crippen LogP contribution in [0.25, 0.3) is 10.2 Å². The number of benzene rings is 2. The predicted molar refractivity (Wildman–Crippen MR) is 119 cm³/mol. The molecule has 0 saturated heterocycles. The fraction of sp³-hybridized carbons (Fsp3) is 0.105. The van der Waals surface area contributed by atoms with Crippen molar-refractivity contribution in [1.29, 1.82) is 0 Å². The average molecular weight is 515 g/mol. The minimum Gasteiger partial charge on any atom is -0.406 e. The van der Waals surface area contributed by atoms with Crippen LogP contribution in [0.1, 0.15) is 10.5 Å². The van der Waals surface area contributed by atoms with E-state index in [2.05, 4.69) is 25.3 Å². The molecule has 8 nitrogen and oxygen atoms in total. The van der Waals surface area contributed by atoms with Gasteiger partial charge in [-0.3, -0.25) is 10.1 Å². The van der Waals surface area contributed by atoms with E-state index >= 15 is 0 Å². The molecule has 0 bridgehead atoms. The first-order valence-corrected chi connectivity index (χ1v) is 12.6. The van der Waals surface area contributed by atoms with Gasteiger partial charge >= 0.3 is 6.36 Å². The van der Waals surface area contributed by atoms with Crippen molar-refractivity contribution in [1.82, 2.24) is 9.97 Å². The smallest absolute Gasteiger partial charge is 0.406 e. The van der Waals surface area contributed by atoms with Gasteiger partial charge in [-0.2, -0.15) is 0 Å². The lowest BCUT2D eigenvalue weighted by molar-refractivity contribution is -0.274. The summed E-state index contributed by atoms with van der Waals surface area (Å²) in [6, 6.07) is 9.58. The molecular formula is C19H13F3N4O4S3. The number of ether oxygens (including phenoxy) is 1. The van der Waals surface area contributed by atoms with Gasteiger partial charge in [0.25, 0.3) is 5.91 Å². The number of amides is 1. The van der Waals surface area contributed by atoms with Crippen LogP contribution in [0.2, 0.25) is 0 Å². The first-order chi connectivity index (χ1) is 15.5. The van der Waals surface area contributed by atoms with E-state index in [0.29, 0.717) is 21.0 Å². The minimum atomic E-state index is -4.77. The van der Waals surface area contributed by atoms with E-state index < -0.39 is 22.1 Å². The lowest BCUT2D eigenvalue weighted by atomic mass is 10.3. The summed E-state index contributed by atoms with van der Waals surface area (Å²) in [5.74, 6) is -0.873. The summed E-state index contributed by atoms with van der Waals surface area (Å²) < 4.78 is 64.5. The number of aromatic nitrogens is 2. The van der Waals surface area contributed by atoms with Gasteiger partial charge in [-0.25, -0.2) is 18.4 Å². The normalized spacial score (nSPS) is 12.0. The molecule has 0 aliphatic heterocycles. The Bertz CT molecular complexity index is 1430. The molecule has 14 heteroatoms. The third-order valence-electron chi connectivity index (χ3n) is 4.08. The number of carbonyl (C=O) groups excluding carboxylic acids is 1. The second-order valence-electron chi connectivity index (χ2n) is 6.61. The van der Waals surface area contributed by atoms with E-state index in [9.17, 15) is 26.4 Å². The number of nitrogens with one attached hydrogen (secondary N) is 2. The number of anilines is 3. The summed E-state index contributed by atoms with van der Waals surface area (Å²) in [6.07, 6.45) is -3.66. The van der Waals surface area contributed by atoms with Gasteiger partial charge in [0.15, 0.2) is 20.1 Å². The molecule has 4 aromatic rings. The van der Waals surface area contributed by atoms with Crippen LogP contribution in [0.4, 0.5) is 29.1 Å². The monoisotopic (exact) mass is 514 g/mol. The average Bonchev–Trinajstić information content (AvgIpc) is 3.33. The van der Waals surface area contributed by atoms with Crippen molar-refractivity contribution in [2.75, 3.05) is 16.9 Å². The van der Waals surface area contributed by atoms with Crippen LogP contribution in [0.15, 0.2) is 52.7 Å². The molecule has 4 rings (SSSR count). The van der Waals surface area contributed by atoms with E-state index in [-0.39, 0.29) is 21.5 Å². The van der Waals surface area contributed by atoms with Crippen molar-refractivity contribution in [3.05, 3.63) is 53.5 Å². The largest absolute Gasteiger partial charge is 0.573 e. The van der Waals surface area contributed by atoms with Crippen LogP contribution >= 0.6 is 22.7 Å². The van der Waals surface area contributed by atoms with E-state index in [4.69, 9.17) is 0 Å². The second-order valence-corrected chi connectivity index (χ2v) is 10.5. The van der Waals surface area contributed by atoms with E-state index in [1.54, 1.807) is 6.07 Å². The number of fused-ring (bicyclic) bond motifs is 1. The molecule has 0 unspecified atom stereocenters.